The zero-order valence-electron chi connectivity index (χ0n) is 39.2. The van der Waals surface area contributed by atoms with E-state index in [4.69, 9.17) is 16.2 Å². The summed E-state index contributed by atoms with van der Waals surface area (Å²) in [4.78, 5) is 52.9. The van der Waals surface area contributed by atoms with Crippen molar-refractivity contribution in [2.24, 2.45) is 21.5 Å². The molecular weight excluding hydrogens is 865 g/mol. The van der Waals surface area contributed by atoms with Crippen LogP contribution in [0.5, 0.6) is 0 Å². The van der Waals surface area contributed by atoms with Crippen LogP contribution in [0.2, 0.25) is 25.7 Å². The van der Waals surface area contributed by atoms with E-state index in [0.717, 1.165) is 107 Å². The molecule has 5 N–H and O–H groups in total. The molecule has 0 spiro atoms. The lowest BCUT2D eigenvalue weighted by Crippen LogP contribution is -2.34. The predicted octanol–water partition coefficient (Wildman–Crippen LogP) is 9.48. The summed E-state index contributed by atoms with van der Waals surface area (Å²) in [5.74, 6) is 0.855. The van der Waals surface area contributed by atoms with Gasteiger partial charge >= 0.3 is 5.97 Å². The summed E-state index contributed by atoms with van der Waals surface area (Å²) < 4.78 is 12.0. The van der Waals surface area contributed by atoms with Crippen LogP contribution in [0.15, 0.2) is 58.1 Å². The van der Waals surface area contributed by atoms with Gasteiger partial charge in [-0.2, -0.15) is 10.2 Å². The number of esters is 1. The maximum absolute atomic E-state index is 13.2. The number of hydrogen-bond acceptors (Lipinski definition) is 13. The largest absolute Gasteiger partial charge is 0.466 e. The molecule has 0 saturated heterocycles. The lowest BCUT2D eigenvalue weighted by Gasteiger charge is -2.22. The molecule has 0 aliphatic carbocycles. The second-order valence-corrected chi connectivity index (χ2v) is 24.5. The van der Waals surface area contributed by atoms with Crippen molar-refractivity contribution in [2.75, 3.05) is 39.4 Å². The van der Waals surface area contributed by atoms with Gasteiger partial charge in [-0.1, -0.05) is 47.3 Å². The number of aliphatic imine (C=N–C) groups is 2. The number of rotatable bonds is 18. The summed E-state index contributed by atoms with van der Waals surface area (Å²) in [7, 11) is -1.10. The Balaban J connectivity index is 0.000000256. The number of aromatic amines is 1. The van der Waals surface area contributed by atoms with Crippen LogP contribution in [0.25, 0.3) is 33.0 Å². The fourth-order valence-electron chi connectivity index (χ4n) is 6.73. The van der Waals surface area contributed by atoms with Crippen LogP contribution in [-0.2, 0) is 30.6 Å². The van der Waals surface area contributed by atoms with Gasteiger partial charge in [0, 0.05) is 105 Å². The van der Waals surface area contributed by atoms with Crippen molar-refractivity contribution < 1.29 is 23.9 Å². The van der Waals surface area contributed by atoms with Crippen LogP contribution in [0, 0.1) is 0 Å². The molecule has 4 aromatic rings. The molecule has 15 nitrogen and oxygen atoms in total. The summed E-state index contributed by atoms with van der Waals surface area (Å²) in [6.07, 6.45) is 15.9. The number of nitrogens with two attached hydrogens (primary N) is 2. The quantitative estimate of drug-likeness (QED) is 0.0494. The Bertz CT molecular complexity index is 2250. The Morgan fingerprint density at radius 2 is 1.28 bits per heavy atom. The van der Waals surface area contributed by atoms with E-state index in [9.17, 15) is 14.4 Å². The van der Waals surface area contributed by atoms with Crippen molar-refractivity contribution in [2.45, 2.75) is 112 Å². The SMILES string of the molecule is CCCN(CCC)C(=O)C1=Cc2sc(-c3cn[nH]c3)cc2N=C(N)C1.CCCN(CCC)C(=O)C1=Cc2sc(-c3cnn(COCC[Si](C)(C)C)c3)cc2N=C(N)C1.CCOC(C)=O. The van der Waals surface area contributed by atoms with Gasteiger partial charge in [-0.25, -0.2) is 14.7 Å². The van der Waals surface area contributed by atoms with E-state index < -0.39 is 8.07 Å². The van der Waals surface area contributed by atoms with Crippen molar-refractivity contribution in [3.63, 3.8) is 0 Å². The van der Waals surface area contributed by atoms with Crippen molar-refractivity contribution in [1.29, 1.82) is 0 Å². The first-order valence-corrected chi connectivity index (χ1v) is 27.6. The number of nitrogens with zero attached hydrogens (tertiary/aromatic N) is 7. The smallest absolute Gasteiger partial charge is 0.302 e. The van der Waals surface area contributed by atoms with Crippen LogP contribution in [0.1, 0.15) is 89.8 Å². The van der Waals surface area contributed by atoms with Gasteiger partial charge in [0.05, 0.1) is 40.1 Å². The van der Waals surface area contributed by atoms with E-state index >= 15 is 0 Å². The van der Waals surface area contributed by atoms with Crippen LogP contribution >= 0.6 is 22.7 Å². The molecule has 0 saturated carbocycles. The molecule has 2 amide bonds. The number of nitrogens with one attached hydrogen (secondary N) is 1. The highest BCUT2D eigenvalue weighted by Gasteiger charge is 2.24. The maximum atomic E-state index is 13.2. The molecule has 0 atom stereocenters. The lowest BCUT2D eigenvalue weighted by molar-refractivity contribution is -0.140. The molecule has 0 fully saturated rings. The topological polar surface area (TPSA) is 199 Å². The highest BCUT2D eigenvalue weighted by Crippen LogP contribution is 2.41. The van der Waals surface area contributed by atoms with E-state index in [0.29, 0.717) is 49.0 Å². The first-order chi connectivity index (χ1) is 30.6. The number of amidine groups is 2. The molecule has 2 aliphatic rings. The average Bonchev–Trinajstić information content (AvgIpc) is 4.05. The number of ether oxygens (including phenoxy) is 2. The normalized spacial score (nSPS) is 13.2. The highest BCUT2D eigenvalue weighted by atomic mass is 32.1. The number of hydrogen-bond donors (Lipinski definition) is 3. The molecular formula is C46H68N10O5S2Si. The van der Waals surface area contributed by atoms with Crippen LogP contribution in [0.3, 0.4) is 0 Å². The second kappa shape index (κ2) is 25.4. The molecule has 0 bridgehead atoms. The summed E-state index contributed by atoms with van der Waals surface area (Å²) in [5, 5.41) is 11.3. The van der Waals surface area contributed by atoms with Crippen LogP contribution in [0.4, 0.5) is 11.4 Å². The molecule has 4 aromatic heterocycles. The number of fused-ring (bicyclic) bond motifs is 2. The van der Waals surface area contributed by atoms with E-state index in [2.05, 4.69) is 77.4 Å². The lowest BCUT2D eigenvalue weighted by atomic mass is 10.1. The van der Waals surface area contributed by atoms with Crippen molar-refractivity contribution in [1.82, 2.24) is 29.8 Å². The molecule has 6 rings (SSSR count). The Hall–Kier alpha value is -5.17. The van der Waals surface area contributed by atoms with E-state index in [1.165, 1.54) is 6.92 Å². The van der Waals surface area contributed by atoms with Crippen molar-refractivity contribution in [3.8, 4) is 20.9 Å². The predicted molar refractivity (Wildman–Crippen MR) is 266 cm³/mol. The Labute approximate surface area is 387 Å². The van der Waals surface area contributed by atoms with Gasteiger partial charge in [0.25, 0.3) is 0 Å². The zero-order chi connectivity index (χ0) is 46.8. The van der Waals surface area contributed by atoms with Crippen molar-refractivity contribution in [3.05, 3.63) is 57.8 Å². The average molecular weight is 933 g/mol. The minimum Gasteiger partial charge on any atom is -0.466 e. The monoisotopic (exact) mass is 932 g/mol. The Kier molecular flexibility index (Phi) is 20.4. The number of carbonyl (C=O) groups is 3. The minimum absolute atomic E-state index is 0.0583. The van der Waals surface area contributed by atoms with Gasteiger partial charge in [0.15, 0.2) is 0 Å². The minimum atomic E-state index is -1.10. The Morgan fingerprint density at radius 3 is 1.69 bits per heavy atom. The number of amides is 2. The van der Waals surface area contributed by atoms with Gasteiger partial charge in [0.2, 0.25) is 11.8 Å². The maximum Gasteiger partial charge on any atom is 0.302 e. The summed E-state index contributed by atoms with van der Waals surface area (Å²) in [5.41, 5.74) is 17.3. The van der Waals surface area contributed by atoms with Crippen molar-refractivity contribution >= 4 is 83.7 Å². The molecule has 0 unspecified atom stereocenters. The number of aromatic nitrogens is 4. The first kappa shape index (κ1) is 51.5. The molecule has 6 heterocycles. The third-order valence-corrected chi connectivity index (χ3v) is 13.7. The molecule has 0 aromatic carbocycles. The van der Waals surface area contributed by atoms with E-state index in [1.54, 1.807) is 35.8 Å². The fraction of sp³-hybridized carbons (Fsp3) is 0.500. The third kappa shape index (κ3) is 15.8. The molecule has 2 aliphatic heterocycles. The molecule has 18 heteroatoms. The highest BCUT2D eigenvalue weighted by molar-refractivity contribution is 7.17. The summed E-state index contributed by atoms with van der Waals surface area (Å²) >= 11 is 3.21. The second-order valence-electron chi connectivity index (χ2n) is 16.7. The first-order valence-electron chi connectivity index (χ1n) is 22.3. The molecule has 348 valence electrons. The summed E-state index contributed by atoms with van der Waals surface area (Å²) in [6, 6.07) is 5.16. The van der Waals surface area contributed by atoms with Gasteiger partial charge in [-0.15, -0.1) is 22.7 Å². The molecule has 64 heavy (non-hydrogen) atoms. The fourth-order valence-corrected chi connectivity index (χ4v) is 9.58. The standard InChI is InChI=1S/C24H37N5O2SSi.C18H23N5OS.C4H8O2/c1-6-8-28(9-7-2)24(30)18-12-22-20(27-23(25)13-18)14-21(32-22)19-15-26-29(16-19)17-31-10-11-33(3,4)5;1-3-5-23(6-4-2)18(24)12-7-16-14(22-17(19)8-12)9-15(25-16)13-10-20-21-11-13;1-3-6-4(2)5/h12,14-16H,6-11,13,17H2,1-5H3,(H2,25,27);7,9-11H,3-6,8H2,1-2H3,(H2,19,22)(H,20,21);3H2,1-2H3. The number of thiophene rings is 2. The molecule has 0 radical (unpaired) electrons. The van der Waals surface area contributed by atoms with Crippen LogP contribution in [-0.4, -0.2) is 107 Å². The summed E-state index contributed by atoms with van der Waals surface area (Å²) in [6.45, 7) is 23.3. The van der Waals surface area contributed by atoms with Gasteiger partial charge in [-0.3, -0.25) is 19.5 Å². The number of carbonyl (C=O) groups excluding carboxylic acids is 3. The van der Waals surface area contributed by atoms with Crippen LogP contribution < -0.4 is 11.5 Å². The van der Waals surface area contributed by atoms with E-state index in [1.807, 2.05) is 57.4 Å². The Morgan fingerprint density at radius 1 is 0.781 bits per heavy atom. The van der Waals surface area contributed by atoms with Gasteiger partial charge in [0.1, 0.15) is 18.4 Å². The third-order valence-electron chi connectivity index (χ3n) is 9.73. The van der Waals surface area contributed by atoms with Gasteiger partial charge < -0.3 is 30.7 Å². The zero-order valence-corrected chi connectivity index (χ0v) is 41.8. The van der Waals surface area contributed by atoms with E-state index in [-0.39, 0.29) is 17.8 Å². The van der Waals surface area contributed by atoms with Gasteiger partial charge in [-0.05, 0) is 62.9 Å². The number of H-pyrrole nitrogens is 1.